The predicted octanol–water partition coefficient (Wildman–Crippen LogP) is 5.44. The normalized spacial score (nSPS) is 16.2. The highest BCUT2D eigenvalue weighted by molar-refractivity contribution is 6.06. The van der Waals surface area contributed by atoms with Gasteiger partial charge in [-0.2, -0.15) is 0 Å². The Morgan fingerprint density at radius 2 is 1.79 bits per heavy atom. The fourth-order valence-electron chi connectivity index (χ4n) is 5.24. The molecular formula is C28H27N3O2. The maximum Gasteiger partial charge on any atom is 0.252 e. The SMILES string of the molecule is O=C1NCc2cc(-c3cccc(O)c3)cc(-c3cc4cc(CN5CCCCC5)ccc4[nH]3)c21. The number of phenols is 1. The van der Waals surface area contributed by atoms with Crippen molar-refractivity contribution in [1.82, 2.24) is 15.2 Å². The van der Waals surface area contributed by atoms with Gasteiger partial charge in [0.2, 0.25) is 0 Å². The number of nitrogens with zero attached hydrogens (tertiary/aromatic N) is 1. The van der Waals surface area contributed by atoms with Gasteiger partial charge in [-0.3, -0.25) is 9.69 Å². The van der Waals surface area contributed by atoms with E-state index in [0.717, 1.165) is 51.0 Å². The molecule has 3 aromatic carbocycles. The van der Waals surface area contributed by atoms with E-state index in [4.69, 9.17) is 0 Å². The van der Waals surface area contributed by atoms with E-state index in [2.05, 4.69) is 45.5 Å². The number of hydrogen-bond donors (Lipinski definition) is 3. The van der Waals surface area contributed by atoms with Crippen LogP contribution >= 0.6 is 0 Å². The standard InChI is InChI=1S/C28H27N3O2/c32-23-6-4-5-19(13-23)20-12-22-16-29-28(33)27(22)24(14-20)26-15-21-11-18(7-8-25(21)30-26)17-31-9-2-1-3-10-31/h4-8,11-15,30,32H,1-3,9-10,16-17H2,(H,29,33). The maximum atomic E-state index is 12.7. The summed E-state index contributed by atoms with van der Waals surface area (Å²) in [6.07, 6.45) is 3.93. The molecule has 1 saturated heterocycles. The van der Waals surface area contributed by atoms with Crippen LogP contribution in [0.25, 0.3) is 33.3 Å². The van der Waals surface area contributed by atoms with Crippen LogP contribution in [0.4, 0.5) is 0 Å². The third-order valence-corrected chi connectivity index (χ3v) is 6.90. The monoisotopic (exact) mass is 437 g/mol. The molecule has 6 rings (SSSR count). The summed E-state index contributed by atoms with van der Waals surface area (Å²) in [7, 11) is 0. The highest BCUT2D eigenvalue weighted by Crippen LogP contribution is 2.36. The summed E-state index contributed by atoms with van der Waals surface area (Å²) in [5.41, 5.74) is 7.87. The average Bonchev–Trinajstić information content (AvgIpc) is 3.42. The Hall–Kier alpha value is -3.57. The predicted molar refractivity (Wildman–Crippen MR) is 131 cm³/mol. The molecule has 5 nitrogen and oxygen atoms in total. The molecule has 0 unspecified atom stereocenters. The summed E-state index contributed by atoms with van der Waals surface area (Å²) in [6, 6.07) is 20.1. The van der Waals surface area contributed by atoms with E-state index in [1.54, 1.807) is 12.1 Å². The number of carbonyl (C=O) groups excluding carboxylic acids is 1. The van der Waals surface area contributed by atoms with E-state index in [-0.39, 0.29) is 11.7 Å². The molecule has 0 saturated carbocycles. The van der Waals surface area contributed by atoms with Gasteiger partial charge in [0.15, 0.2) is 0 Å². The van der Waals surface area contributed by atoms with Gasteiger partial charge in [-0.25, -0.2) is 0 Å². The van der Waals surface area contributed by atoms with Gasteiger partial charge in [0.1, 0.15) is 5.75 Å². The van der Waals surface area contributed by atoms with Crippen LogP contribution in [0.1, 0.15) is 40.7 Å². The number of amides is 1. The zero-order valence-corrected chi connectivity index (χ0v) is 18.5. The maximum absolute atomic E-state index is 12.7. The Labute approximate surface area is 193 Å². The lowest BCUT2D eigenvalue weighted by atomic mass is 9.94. The van der Waals surface area contributed by atoms with Gasteiger partial charge < -0.3 is 15.4 Å². The van der Waals surface area contributed by atoms with E-state index in [9.17, 15) is 9.90 Å². The van der Waals surface area contributed by atoms with Crippen molar-refractivity contribution < 1.29 is 9.90 Å². The Kier molecular flexibility index (Phi) is 4.92. The first kappa shape index (κ1) is 20.1. The number of rotatable bonds is 4. The van der Waals surface area contributed by atoms with Gasteiger partial charge in [-0.05, 0) is 90.6 Å². The number of phenolic OH excluding ortho intramolecular Hbond substituents is 1. The first-order valence-electron chi connectivity index (χ1n) is 11.7. The third kappa shape index (κ3) is 3.79. The highest BCUT2D eigenvalue weighted by Gasteiger charge is 2.25. The molecule has 3 N–H and O–H groups in total. The number of aromatic amines is 1. The Morgan fingerprint density at radius 1 is 0.909 bits per heavy atom. The zero-order valence-electron chi connectivity index (χ0n) is 18.5. The van der Waals surface area contributed by atoms with Crippen LogP contribution in [0, 0.1) is 0 Å². The smallest absolute Gasteiger partial charge is 0.252 e. The average molecular weight is 438 g/mol. The first-order valence-corrected chi connectivity index (χ1v) is 11.7. The van der Waals surface area contributed by atoms with Crippen molar-refractivity contribution in [3.05, 3.63) is 77.4 Å². The van der Waals surface area contributed by atoms with Crippen molar-refractivity contribution in [3.63, 3.8) is 0 Å². The molecule has 4 aromatic rings. The van der Waals surface area contributed by atoms with Crippen LogP contribution in [0.2, 0.25) is 0 Å². The lowest BCUT2D eigenvalue weighted by Crippen LogP contribution is -2.28. The summed E-state index contributed by atoms with van der Waals surface area (Å²) >= 11 is 0. The fourth-order valence-corrected chi connectivity index (χ4v) is 5.24. The van der Waals surface area contributed by atoms with Crippen LogP contribution < -0.4 is 5.32 Å². The number of aromatic nitrogens is 1. The molecule has 0 atom stereocenters. The number of piperidine rings is 1. The summed E-state index contributed by atoms with van der Waals surface area (Å²) in [5.74, 6) is 0.197. The molecule has 1 fully saturated rings. The second-order valence-electron chi connectivity index (χ2n) is 9.23. The van der Waals surface area contributed by atoms with E-state index < -0.39 is 0 Å². The number of benzene rings is 3. The van der Waals surface area contributed by atoms with Gasteiger partial charge in [-0.1, -0.05) is 24.6 Å². The molecule has 166 valence electrons. The summed E-state index contributed by atoms with van der Waals surface area (Å²) in [6.45, 7) is 3.87. The fraction of sp³-hybridized carbons (Fsp3) is 0.250. The van der Waals surface area contributed by atoms with Crippen molar-refractivity contribution in [2.75, 3.05) is 13.1 Å². The Morgan fingerprint density at radius 3 is 2.64 bits per heavy atom. The van der Waals surface area contributed by atoms with Gasteiger partial charge in [0, 0.05) is 35.2 Å². The summed E-state index contributed by atoms with van der Waals surface area (Å²) in [5, 5.41) is 14.1. The topological polar surface area (TPSA) is 68.4 Å². The molecule has 3 heterocycles. The second kappa shape index (κ2) is 8.09. The Bertz CT molecular complexity index is 1370. The van der Waals surface area contributed by atoms with Crippen molar-refractivity contribution in [2.24, 2.45) is 0 Å². The number of fused-ring (bicyclic) bond motifs is 2. The number of H-pyrrole nitrogens is 1. The number of carbonyl (C=O) groups is 1. The molecule has 33 heavy (non-hydrogen) atoms. The molecule has 5 heteroatoms. The molecule has 0 bridgehead atoms. The molecule has 2 aliphatic rings. The second-order valence-corrected chi connectivity index (χ2v) is 9.23. The molecule has 1 amide bonds. The molecular weight excluding hydrogens is 410 g/mol. The zero-order chi connectivity index (χ0) is 22.4. The van der Waals surface area contributed by atoms with Gasteiger partial charge in [0.05, 0.1) is 5.56 Å². The number of nitrogens with one attached hydrogen (secondary N) is 2. The number of aromatic hydroxyl groups is 1. The quantitative estimate of drug-likeness (QED) is 0.398. The molecule has 2 aliphatic heterocycles. The summed E-state index contributed by atoms with van der Waals surface area (Å²) in [4.78, 5) is 18.8. The minimum Gasteiger partial charge on any atom is -0.508 e. The first-order chi connectivity index (χ1) is 16.1. The van der Waals surface area contributed by atoms with E-state index in [1.807, 2.05) is 18.2 Å². The molecule has 0 aliphatic carbocycles. The van der Waals surface area contributed by atoms with Crippen molar-refractivity contribution in [3.8, 4) is 28.1 Å². The van der Waals surface area contributed by atoms with Crippen LogP contribution in [-0.2, 0) is 13.1 Å². The van der Waals surface area contributed by atoms with Crippen molar-refractivity contribution in [1.29, 1.82) is 0 Å². The highest BCUT2D eigenvalue weighted by atomic mass is 16.3. The summed E-state index contributed by atoms with van der Waals surface area (Å²) < 4.78 is 0. The molecule has 1 aromatic heterocycles. The molecule has 0 spiro atoms. The minimum absolute atomic E-state index is 0.0353. The van der Waals surface area contributed by atoms with Crippen LogP contribution in [-0.4, -0.2) is 34.0 Å². The van der Waals surface area contributed by atoms with E-state index in [0.29, 0.717) is 6.54 Å². The van der Waals surface area contributed by atoms with Crippen molar-refractivity contribution in [2.45, 2.75) is 32.4 Å². The van der Waals surface area contributed by atoms with Crippen molar-refractivity contribution >= 4 is 16.8 Å². The van der Waals surface area contributed by atoms with Gasteiger partial charge in [-0.15, -0.1) is 0 Å². The van der Waals surface area contributed by atoms with Crippen LogP contribution in [0.3, 0.4) is 0 Å². The number of hydrogen-bond acceptors (Lipinski definition) is 3. The Balaban J connectivity index is 1.41. The number of likely N-dealkylation sites (tertiary alicyclic amines) is 1. The lowest BCUT2D eigenvalue weighted by Gasteiger charge is -2.26. The largest absolute Gasteiger partial charge is 0.508 e. The van der Waals surface area contributed by atoms with E-state index in [1.165, 1.54) is 37.9 Å². The minimum atomic E-state index is -0.0353. The van der Waals surface area contributed by atoms with E-state index >= 15 is 0 Å². The third-order valence-electron chi connectivity index (χ3n) is 6.90. The molecule has 0 radical (unpaired) electrons. The van der Waals surface area contributed by atoms with Crippen LogP contribution in [0.15, 0.2) is 60.7 Å². The van der Waals surface area contributed by atoms with Crippen LogP contribution in [0.5, 0.6) is 5.75 Å². The van der Waals surface area contributed by atoms with Gasteiger partial charge in [0.25, 0.3) is 5.91 Å². The lowest BCUT2D eigenvalue weighted by molar-refractivity contribution is 0.0966. The van der Waals surface area contributed by atoms with Gasteiger partial charge >= 0.3 is 0 Å².